The van der Waals surface area contributed by atoms with Gasteiger partial charge in [0.15, 0.2) is 11.0 Å². The Balaban J connectivity index is 1.48. The van der Waals surface area contributed by atoms with Gasteiger partial charge in [-0.1, -0.05) is 47.3 Å². The summed E-state index contributed by atoms with van der Waals surface area (Å²) < 4.78 is 4.92. The van der Waals surface area contributed by atoms with E-state index in [1.165, 1.54) is 17.3 Å². The highest BCUT2D eigenvalue weighted by Gasteiger charge is 2.10. The number of benzene rings is 1. The molecular formula is C18H20N4O2S. The summed E-state index contributed by atoms with van der Waals surface area (Å²) >= 11 is 1.54. The average molecular weight is 356 g/mol. The Morgan fingerprint density at radius 2 is 2.08 bits per heavy atom. The van der Waals surface area contributed by atoms with Gasteiger partial charge in [0.1, 0.15) is 5.76 Å². The number of nitrogens with zero attached hydrogens (tertiary/aromatic N) is 2. The predicted octanol–water partition coefficient (Wildman–Crippen LogP) is 3.73. The van der Waals surface area contributed by atoms with Crippen molar-refractivity contribution in [2.45, 2.75) is 31.8 Å². The summed E-state index contributed by atoms with van der Waals surface area (Å²) in [5, 5.41) is 7.30. The zero-order valence-electron chi connectivity index (χ0n) is 14.2. The van der Waals surface area contributed by atoms with Crippen LogP contribution in [-0.2, 0) is 11.2 Å². The third-order valence-electron chi connectivity index (χ3n) is 3.64. The van der Waals surface area contributed by atoms with Crippen LogP contribution >= 0.6 is 11.8 Å². The van der Waals surface area contributed by atoms with E-state index in [1.54, 1.807) is 13.0 Å². The van der Waals surface area contributed by atoms with Crippen molar-refractivity contribution >= 4 is 23.5 Å². The number of thioether (sulfide) groups is 1. The number of amides is 1. The molecule has 1 aromatic carbocycles. The highest BCUT2D eigenvalue weighted by molar-refractivity contribution is 7.99. The minimum absolute atomic E-state index is 0.0893. The summed E-state index contributed by atoms with van der Waals surface area (Å²) in [5.41, 5.74) is 3.33. The number of carbonyl (C=O) groups excluding carboxylic acids is 1. The second kappa shape index (κ2) is 8.02. The standard InChI is InChI=1S/C18H20N4O2S/c1-12-10-16(22-24-12)21-17(23)8-9-25-18-19-13(2)15(20-18)11-14-6-4-3-5-7-14/h3-7,10H,8-9,11H2,1-2H3,(H,19,20)(H,21,22,23). The van der Waals surface area contributed by atoms with Crippen molar-refractivity contribution in [1.82, 2.24) is 15.1 Å². The minimum atomic E-state index is -0.0893. The highest BCUT2D eigenvalue weighted by atomic mass is 32.2. The molecule has 0 saturated heterocycles. The summed E-state index contributed by atoms with van der Waals surface area (Å²) in [4.78, 5) is 19.8. The first-order valence-electron chi connectivity index (χ1n) is 8.05. The van der Waals surface area contributed by atoms with Crippen molar-refractivity contribution in [3.05, 3.63) is 59.1 Å². The maximum absolute atomic E-state index is 11.9. The highest BCUT2D eigenvalue weighted by Crippen LogP contribution is 2.20. The molecule has 0 saturated carbocycles. The Morgan fingerprint density at radius 3 is 2.80 bits per heavy atom. The van der Waals surface area contributed by atoms with Gasteiger partial charge >= 0.3 is 0 Å². The van der Waals surface area contributed by atoms with Crippen LogP contribution in [0.1, 0.15) is 29.1 Å². The molecular weight excluding hydrogens is 336 g/mol. The molecule has 2 aromatic heterocycles. The molecule has 2 heterocycles. The van der Waals surface area contributed by atoms with E-state index in [4.69, 9.17) is 4.52 Å². The molecule has 3 rings (SSSR count). The topological polar surface area (TPSA) is 83.8 Å². The first-order chi connectivity index (χ1) is 12.1. The molecule has 0 aliphatic heterocycles. The van der Waals surface area contributed by atoms with Gasteiger partial charge in [0.25, 0.3) is 0 Å². The molecule has 0 atom stereocenters. The lowest BCUT2D eigenvalue weighted by Crippen LogP contribution is -2.12. The van der Waals surface area contributed by atoms with Crippen molar-refractivity contribution < 1.29 is 9.32 Å². The summed E-state index contributed by atoms with van der Waals surface area (Å²) in [6.45, 7) is 3.81. The number of aromatic nitrogens is 3. The molecule has 0 spiro atoms. The van der Waals surface area contributed by atoms with E-state index in [0.717, 1.165) is 23.0 Å². The van der Waals surface area contributed by atoms with Crippen molar-refractivity contribution in [1.29, 1.82) is 0 Å². The van der Waals surface area contributed by atoms with Gasteiger partial charge < -0.3 is 14.8 Å². The fraction of sp³-hybridized carbons (Fsp3) is 0.278. The summed E-state index contributed by atoms with van der Waals surface area (Å²) in [5.74, 6) is 1.67. The molecule has 0 aliphatic carbocycles. The molecule has 2 N–H and O–H groups in total. The summed E-state index contributed by atoms with van der Waals surface area (Å²) in [6, 6.07) is 11.9. The van der Waals surface area contributed by atoms with Crippen LogP contribution in [0.3, 0.4) is 0 Å². The number of hydrogen-bond acceptors (Lipinski definition) is 5. The number of nitrogens with one attached hydrogen (secondary N) is 2. The van der Waals surface area contributed by atoms with Crippen LogP contribution < -0.4 is 5.32 Å². The van der Waals surface area contributed by atoms with Crippen molar-refractivity contribution in [3.63, 3.8) is 0 Å². The number of carbonyl (C=O) groups is 1. The average Bonchev–Trinajstić information content (AvgIpc) is 3.14. The van der Waals surface area contributed by atoms with Gasteiger partial charge in [0, 0.05) is 30.4 Å². The van der Waals surface area contributed by atoms with Gasteiger partial charge in [-0.2, -0.15) is 0 Å². The molecule has 6 nitrogen and oxygen atoms in total. The van der Waals surface area contributed by atoms with Gasteiger partial charge in [-0.3, -0.25) is 4.79 Å². The Bertz CT molecular complexity index is 842. The van der Waals surface area contributed by atoms with Crippen LogP contribution in [0.25, 0.3) is 0 Å². The maximum Gasteiger partial charge on any atom is 0.226 e. The molecule has 3 aromatic rings. The van der Waals surface area contributed by atoms with Crippen molar-refractivity contribution in [2.24, 2.45) is 0 Å². The first kappa shape index (κ1) is 17.3. The molecule has 1 amide bonds. The quantitative estimate of drug-likeness (QED) is 0.630. The number of anilines is 1. The Kier molecular flexibility index (Phi) is 5.55. The molecule has 0 aliphatic rings. The van der Waals surface area contributed by atoms with E-state index in [-0.39, 0.29) is 5.91 Å². The van der Waals surface area contributed by atoms with Crippen LogP contribution in [0.5, 0.6) is 0 Å². The van der Waals surface area contributed by atoms with Crippen LogP contribution in [0, 0.1) is 13.8 Å². The number of hydrogen-bond donors (Lipinski definition) is 2. The molecule has 0 bridgehead atoms. The predicted molar refractivity (Wildman–Crippen MR) is 97.8 cm³/mol. The molecule has 0 unspecified atom stereocenters. The zero-order valence-corrected chi connectivity index (χ0v) is 15.0. The smallest absolute Gasteiger partial charge is 0.226 e. The second-order valence-electron chi connectivity index (χ2n) is 5.75. The maximum atomic E-state index is 11.9. The van der Waals surface area contributed by atoms with E-state index in [0.29, 0.717) is 23.8 Å². The van der Waals surface area contributed by atoms with Crippen molar-refractivity contribution in [2.75, 3.05) is 11.1 Å². The Hall–Kier alpha value is -2.54. The van der Waals surface area contributed by atoms with Crippen LogP contribution in [0.4, 0.5) is 5.82 Å². The number of aryl methyl sites for hydroxylation is 2. The number of aromatic amines is 1. The van der Waals surface area contributed by atoms with E-state index in [2.05, 4.69) is 32.6 Å². The van der Waals surface area contributed by atoms with Crippen LogP contribution in [0.2, 0.25) is 0 Å². The van der Waals surface area contributed by atoms with E-state index in [9.17, 15) is 4.79 Å². The van der Waals surface area contributed by atoms with Gasteiger partial charge in [-0.15, -0.1) is 0 Å². The largest absolute Gasteiger partial charge is 0.360 e. The summed E-state index contributed by atoms with van der Waals surface area (Å²) in [7, 11) is 0. The summed E-state index contributed by atoms with van der Waals surface area (Å²) in [6.07, 6.45) is 1.18. The first-order valence-corrected chi connectivity index (χ1v) is 9.04. The minimum Gasteiger partial charge on any atom is -0.360 e. The Morgan fingerprint density at radius 1 is 1.28 bits per heavy atom. The van der Waals surface area contributed by atoms with Gasteiger partial charge in [0.2, 0.25) is 5.91 Å². The lowest BCUT2D eigenvalue weighted by Gasteiger charge is -2.00. The van der Waals surface area contributed by atoms with Gasteiger partial charge in [-0.25, -0.2) is 4.98 Å². The van der Waals surface area contributed by atoms with Gasteiger partial charge in [0.05, 0.1) is 5.69 Å². The molecule has 7 heteroatoms. The van der Waals surface area contributed by atoms with Gasteiger partial charge in [-0.05, 0) is 19.4 Å². The third-order valence-corrected chi connectivity index (χ3v) is 4.52. The second-order valence-corrected chi connectivity index (χ2v) is 6.83. The molecule has 130 valence electrons. The monoisotopic (exact) mass is 356 g/mol. The number of rotatable bonds is 7. The van der Waals surface area contributed by atoms with Crippen LogP contribution in [-0.4, -0.2) is 26.8 Å². The Labute approximate surface area is 150 Å². The normalized spacial score (nSPS) is 10.8. The number of imidazole rings is 1. The third kappa shape index (κ3) is 4.96. The zero-order chi connectivity index (χ0) is 17.6. The molecule has 0 radical (unpaired) electrons. The van der Waals surface area contributed by atoms with Crippen LogP contribution in [0.15, 0.2) is 46.1 Å². The lowest BCUT2D eigenvalue weighted by atomic mass is 10.1. The van der Waals surface area contributed by atoms with E-state index >= 15 is 0 Å². The SMILES string of the molecule is Cc1cc(NC(=O)CCSc2nc(Cc3ccccc3)c(C)[nH]2)no1. The number of H-pyrrole nitrogens is 1. The molecule has 0 fully saturated rings. The molecule has 25 heavy (non-hydrogen) atoms. The van der Waals surface area contributed by atoms with Crippen molar-refractivity contribution in [3.8, 4) is 0 Å². The fourth-order valence-electron chi connectivity index (χ4n) is 2.37. The lowest BCUT2D eigenvalue weighted by molar-refractivity contribution is -0.115. The van der Waals surface area contributed by atoms with E-state index in [1.807, 2.05) is 25.1 Å². The van der Waals surface area contributed by atoms with E-state index < -0.39 is 0 Å². The fourth-order valence-corrected chi connectivity index (χ4v) is 3.25.